The number of hydrogen-bond acceptors (Lipinski definition) is 3. The van der Waals surface area contributed by atoms with Crippen molar-refractivity contribution >= 4 is 22.7 Å². The van der Waals surface area contributed by atoms with Gasteiger partial charge in [-0.05, 0) is 50.5 Å². The van der Waals surface area contributed by atoms with Gasteiger partial charge >= 0.3 is 0 Å². The van der Waals surface area contributed by atoms with E-state index >= 15 is 0 Å². The highest BCUT2D eigenvalue weighted by Crippen LogP contribution is 2.35. The number of benzene rings is 2. The SMILES string of the molecule is COc1ccc2cc3n(c2c1)C[C@](C)(C(=O)NC1CCCC1)N(Cc1ccc(C)cc1)C3=O. The molecule has 1 N–H and O–H groups in total. The number of aromatic nitrogens is 1. The number of methoxy groups -OCH3 is 1. The molecule has 0 saturated heterocycles. The van der Waals surface area contributed by atoms with Gasteiger partial charge in [-0.15, -0.1) is 0 Å². The highest BCUT2D eigenvalue weighted by molar-refractivity contribution is 6.03. The molecule has 1 aliphatic carbocycles. The van der Waals surface area contributed by atoms with Gasteiger partial charge in [0.15, 0.2) is 0 Å². The highest BCUT2D eigenvalue weighted by Gasteiger charge is 2.48. The van der Waals surface area contributed by atoms with E-state index in [-0.39, 0.29) is 17.9 Å². The van der Waals surface area contributed by atoms with E-state index in [9.17, 15) is 9.59 Å². The Balaban J connectivity index is 1.58. The molecule has 6 nitrogen and oxygen atoms in total. The van der Waals surface area contributed by atoms with Gasteiger partial charge in [-0.25, -0.2) is 0 Å². The van der Waals surface area contributed by atoms with Crippen molar-refractivity contribution in [3.63, 3.8) is 0 Å². The van der Waals surface area contributed by atoms with Gasteiger partial charge in [0.1, 0.15) is 17.0 Å². The summed E-state index contributed by atoms with van der Waals surface area (Å²) in [5.41, 5.74) is 2.69. The monoisotopic (exact) mass is 445 g/mol. The van der Waals surface area contributed by atoms with Crippen molar-refractivity contribution in [2.24, 2.45) is 0 Å². The lowest BCUT2D eigenvalue weighted by molar-refractivity contribution is -0.133. The number of carbonyl (C=O) groups excluding carboxylic acids is 2. The standard InChI is InChI=1S/C27H31N3O3/c1-18-8-10-19(11-9-18)16-30-25(31)24-14-20-12-13-22(33-3)15-23(20)29(24)17-27(30,2)26(32)28-21-6-4-5-7-21/h8-15,21H,4-7,16-17H2,1-3H3,(H,28,32)/t27-/m1/s1. The van der Waals surface area contributed by atoms with E-state index in [1.165, 1.54) is 5.56 Å². The van der Waals surface area contributed by atoms with E-state index in [0.29, 0.717) is 18.8 Å². The lowest BCUT2D eigenvalue weighted by Crippen LogP contribution is -2.64. The Morgan fingerprint density at radius 2 is 1.85 bits per heavy atom. The van der Waals surface area contributed by atoms with Gasteiger partial charge in [-0.1, -0.05) is 42.7 Å². The number of amides is 2. The first-order valence-corrected chi connectivity index (χ1v) is 11.7. The number of aryl methyl sites for hydroxylation is 1. The van der Waals surface area contributed by atoms with Crippen LogP contribution < -0.4 is 10.1 Å². The second kappa shape index (κ2) is 8.25. The molecule has 0 spiro atoms. The Bertz CT molecular complexity index is 1210. The van der Waals surface area contributed by atoms with Crippen LogP contribution in [0.4, 0.5) is 0 Å². The Morgan fingerprint density at radius 3 is 2.55 bits per heavy atom. The van der Waals surface area contributed by atoms with Crippen LogP contribution in [0.25, 0.3) is 10.9 Å². The lowest BCUT2D eigenvalue weighted by Gasteiger charge is -2.44. The van der Waals surface area contributed by atoms with Gasteiger partial charge in [-0.2, -0.15) is 0 Å². The number of ether oxygens (including phenoxy) is 1. The number of carbonyl (C=O) groups is 2. The third kappa shape index (κ3) is 3.77. The van der Waals surface area contributed by atoms with Crippen molar-refractivity contribution in [3.05, 3.63) is 65.4 Å². The first-order valence-electron chi connectivity index (χ1n) is 11.7. The summed E-state index contributed by atoms with van der Waals surface area (Å²) in [6.45, 7) is 4.73. The van der Waals surface area contributed by atoms with Crippen LogP contribution in [-0.4, -0.2) is 40.0 Å². The number of nitrogens with zero attached hydrogens (tertiary/aromatic N) is 2. The van der Waals surface area contributed by atoms with Crippen molar-refractivity contribution in [2.75, 3.05) is 7.11 Å². The molecule has 0 radical (unpaired) electrons. The third-order valence-corrected chi connectivity index (χ3v) is 7.28. The van der Waals surface area contributed by atoms with E-state index in [4.69, 9.17) is 4.74 Å². The predicted molar refractivity (Wildman–Crippen MR) is 128 cm³/mol. The summed E-state index contributed by atoms with van der Waals surface area (Å²) >= 11 is 0. The molecular weight excluding hydrogens is 414 g/mol. The lowest BCUT2D eigenvalue weighted by atomic mass is 9.93. The second-order valence-corrected chi connectivity index (χ2v) is 9.65. The molecular formula is C27H31N3O3. The average molecular weight is 446 g/mol. The van der Waals surface area contributed by atoms with Gasteiger partial charge < -0.3 is 19.5 Å². The maximum Gasteiger partial charge on any atom is 0.271 e. The molecule has 5 rings (SSSR count). The molecule has 1 aliphatic heterocycles. The van der Waals surface area contributed by atoms with Crippen LogP contribution >= 0.6 is 0 Å². The van der Waals surface area contributed by atoms with E-state index < -0.39 is 5.54 Å². The largest absolute Gasteiger partial charge is 0.497 e. The van der Waals surface area contributed by atoms with Crippen LogP contribution in [0.1, 0.15) is 54.2 Å². The highest BCUT2D eigenvalue weighted by atomic mass is 16.5. The number of nitrogens with one attached hydrogen (secondary N) is 1. The fraction of sp³-hybridized carbons (Fsp3) is 0.407. The molecule has 6 heteroatoms. The fourth-order valence-corrected chi connectivity index (χ4v) is 5.19. The molecule has 1 aromatic heterocycles. The Labute approximate surface area is 194 Å². The van der Waals surface area contributed by atoms with Crippen LogP contribution in [-0.2, 0) is 17.9 Å². The van der Waals surface area contributed by atoms with Crippen LogP contribution in [0.15, 0.2) is 48.5 Å². The summed E-state index contributed by atoms with van der Waals surface area (Å²) in [6, 6.07) is 16.1. The zero-order valence-corrected chi connectivity index (χ0v) is 19.6. The molecule has 2 heterocycles. The minimum Gasteiger partial charge on any atom is -0.497 e. The maximum atomic E-state index is 13.9. The van der Waals surface area contributed by atoms with Crippen molar-refractivity contribution in [1.29, 1.82) is 0 Å². The van der Waals surface area contributed by atoms with Crippen molar-refractivity contribution in [3.8, 4) is 5.75 Å². The first kappa shape index (κ1) is 21.6. The molecule has 33 heavy (non-hydrogen) atoms. The van der Waals surface area contributed by atoms with Crippen LogP contribution in [0.3, 0.4) is 0 Å². The molecule has 2 amide bonds. The Kier molecular flexibility index (Phi) is 5.39. The Morgan fingerprint density at radius 1 is 1.12 bits per heavy atom. The first-order chi connectivity index (χ1) is 15.9. The maximum absolute atomic E-state index is 13.9. The van der Waals surface area contributed by atoms with E-state index in [1.807, 2.05) is 66.9 Å². The van der Waals surface area contributed by atoms with Gasteiger partial charge in [0.2, 0.25) is 5.91 Å². The molecule has 2 aliphatic rings. The number of fused-ring (bicyclic) bond motifs is 3. The molecule has 1 fully saturated rings. The quantitative estimate of drug-likeness (QED) is 0.632. The van der Waals surface area contributed by atoms with Crippen molar-refractivity contribution in [1.82, 2.24) is 14.8 Å². The van der Waals surface area contributed by atoms with Crippen LogP contribution in [0, 0.1) is 6.92 Å². The topological polar surface area (TPSA) is 63.6 Å². The molecule has 1 saturated carbocycles. The normalized spacial score (nSPS) is 20.8. The summed E-state index contributed by atoms with van der Waals surface area (Å²) in [4.78, 5) is 29.3. The summed E-state index contributed by atoms with van der Waals surface area (Å²) in [5.74, 6) is 0.529. The molecule has 0 bridgehead atoms. The number of rotatable bonds is 5. The summed E-state index contributed by atoms with van der Waals surface area (Å²) in [5, 5.41) is 4.22. The zero-order valence-electron chi connectivity index (χ0n) is 19.6. The van der Waals surface area contributed by atoms with E-state index in [2.05, 4.69) is 5.32 Å². The average Bonchev–Trinajstić information content (AvgIpc) is 3.45. The van der Waals surface area contributed by atoms with Crippen molar-refractivity contribution in [2.45, 2.75) is 64.2 Å². The minimum absolute atomic E-state index is 0.0785. The molecule has 2 aromatic carbocycles. The fourth-order valence-electron chi connectivity index (χ4n) is 5.19. The predicted octanol–water partition coefficient (Wildman–Crippen LogP) is 4.43. The zero-order chi connectivity index (χ0) is 23.2. The number of hydrogen-bond donors (Lipinski definition) is 1. The molecule has 1 atom stereocenters. The summed E-state index contributed by atoms with van der Waals surface area (Å²) < 4.78 is 7.41. The van der Waals surface area contributed by atoms with Crippen LogP contribution in [0.5, 0.6) is 5.75 Å². The molecule has 3 aromatic rings. The van der Waals surface area contributed by atoms with Crippen LogP contribution in [0.2, 0.25) is 0 Å². The van der Waals surface area contributed by atoms with Gasteiger partial charge in [0, 0.05) is 24.0 Å². The van der Waals surface area contributed by atoms with Gasteiger partial charge in [0.05, 0.1) is 19.2 Å². The second-order valence-electron chi connectivity index (χ2n) is 9.65. The Hall–Kier alpha value is -3.28. The molecule has 0 unspecified atom stereocenters. The third-order valence-electron chi connectivity index (χ3n) is 7.28. The van der Waals surface area contributed by atoms with Gasteiger partial charge in [0.25, 0.3) is 5.91 Å². The summed E-state index contributed by atoms with van der Waals surface area (Å²) in [7, 11) is 1.63. The van der Waals surface area contributed by atoms with Gasteiger partial charge in [-0.3, -0.25) is 9.59 Å². The van der Waals surface area contributed by atoms with E-state index in [0.717, 1.165) is 47.9 Å². The molecule has 172 valence electrons. The minimum atomic E-state index is -1.01. The van der Waals surface area contributed by atoms with E-state index in [1.54, 1.807) is 12.0 Å². The van der Waals surface area contributed by atoms with Crippen molar-refractivity contribution < 1.29 is 14.3 Å². The summed E-state index contributed by atoms with van der Waals surface area (Å²) in [6.07, 6.45) is 4.28. The smallest absolute Gasteiger partial charge is 0.271 e.